The molecule has 1 amide bonds. The van der Waals surface area contributed by atoms with E-state index in [0.717, 1.165) is 49.9 Å². The van der Waals surface area contributed by atoms with Crippen LogP contribution >= 0.6 is 0 Å². The Labute approximate surface area is 201 Å². The van der Waals surface area contributed by atoms with Crippen LogP contribution in [0.2, 0.25) is 0 Å². The second kappa shape index (κ2) is 9.50. The normalized spacial score (nSPS) is 19.1. The summed E-state index contributed by atoms with van der Waals surface area (Å²) in [6, 6.07) is 13.6. The first-order valence-electron chi connectivity index (χ1n) is 12.3. The molecule has 0 spiro atoms. The number of hydrogen-bond donors (Lipinski definition) is 1. The Kier molecular flexibility index (Phi) is 6.44. The summed E-state index contributed by atoms with van der Waals surface area (Å²) in [6.45, 7) is 1.16. The quantitative estimate of drug-likeness (QED) is 0.580. The molecule has 2 heterocycles. The predicted octanol–water partition coefficient (Wildman–Crippen LogP) is 3.87. The molecule has 0 unspecified atom stereocenters. The topological polar surface area (TPSA) is 84.3 Å². The molecule has 1 aliphatic carbocycles. The lowest BCUT2D eigenvalue weighted by Gasteiger charge is -2.26. The number of aryl methyl sites for hydroxylation is 3. The van der Waals surface area contributed by atoms with Gasteiger partial charge in [-0.25, -0.2) is 13.4 Å². The number of hydrogen-bond acceptors (Lipinski definition) is 4. The highest BCUT2D eigenvalue weighted by molar-refractivity contribution is 7.89. The lowest BCUT2D eigenvalue weighted by atomic mass is 9.87. The van der Waals surface area contributed by atoms with Crippen LogP contribution in [0.1, 0.15) is 61.5 Å². The first kappa shape index (κ1) is 23.1. The highest BCUT2D eigenvalue weighted by Gasteiger charge is 2.27. The Bertz CT molecular complexity index is 1310. The summed E-state index contributed by atoms with van der Waals surface area (Å²) in [7, 11) is -1.59. The van der Waals surface area contributed by atoms with E-state index in [9.17, 15) is 13.2 Å². The molecule has 1 N–H and O–H groups in total. The highest BCUT2D eigenvalue weighted by Crippen LogP contribution is 2.29. The third-order valence-corrected chi connectivity index (χ3v) is 9.07. The van der Waals surface area contributed by atoms with Gasteiger partial charge in [0.25, 0.3) is 0 Å². The lowest BCUT2D eigenvalue weighted by molar-refractivity contribution is -0.121. The van der Waals surface area contributed by atoms with E-state index in [-0.39, 0.29) is 11.9 Å². The van der Waals surface area contributed by atoms with Gasteiger partial charge in [-0.15, -0.1) is 0 Å². The zero-order valence-corrected chi connectivity index (χ0v) is 20.5. The fourth-order valence-corrected chi connectivity index (χ4v) is 6.80. The standard InChI is InChI=1S/C26H32N4O3S/c1-29-24-13-12-20(34(32,33)30-16-5-2-6-17-30)18-23(24)27-25(29)14-15-26(31)28-22-11-7-9-19-8-3-4-10-21(19)22/h3-4,8,10,12-13,18,22H,2,5-7,9,11,14-17H2,1H3,(H,28,31)/t22-/m0/s1. The Morgan fingerprint density at radius 1 is 1.09 bits per heavy atom. The third kappa shape index (κ3) is 4.49. The van der Waals surface area contributed by atoms with Crippen LogP contribution < -0.4 is 5.32 Å². The summed E-state index contributed by atoms with van der Waals surface area (Å²) in [5, 5.41) is 3.20. The summed E-state index contributed by atoms with van der Waals surface area (Å²) in [6.07, 6.45) is 6.84. The van der Waals surface area contributed by atoms with Crippen LogP contribution in [-0.4, -0.2) is 41.3 Å². The zero-order valence-electron chi connectivity index (χ0n) is 19.7. The molecule has 34 heavy (non-hydrogen) atoms. The number of nitrogens with one attached hydrogen (secondary N) is 1. The van der Waals surface area contributed by atoms with Gasteiger partial charge in [0.05, 0.1) is 22.0 Å². The highest BCUT2D eigenvalue weighted by atomic mass is 32.2. The molecule has 8 heteroatoms. The number of carbonyl (C=O) groups excluding carboxylic acids is 1. The van der Waals surface area contributed by atoms with Gasteiger partial charge in [-0.1, -0.05) is 30.7 Å². The Balaban J connectivity index is 1.28. The monoisotopic (exact) mass is 480 g/mol. The van der Waals surface area contributed by atoms with E-state index in [0.29, 0.717) is 36.3 Å². The van der Waals surface area contributed by atoms with Crippen molar-refractivity contribution >= 4 is 27.0 Å². The van der Waals surface area contributed by atoms with Gasteiger partial charge in [0.1, 0.15) is 5.82 Å². The largest absolute Gasteiger partial charge is 0.349 e. The second-order valence-electron chi connectivity index (χ2n) is 9.41. The molecular formula is C26H32N4O3S. The number of carbonyl (C=O) groups is 1. The number of sulfonamides is 1. The number of rotatable bonds is 6. The number of imidazole rings is 1. The fourth-order valence-electron chi connectivity index (χ4n) is 5.26. The van der Waals surface area contributed by atoms with E-state index in [4.69, 9.17) is 0 Å². The van der Waals surface area contributed by atoms with Gasteiger partial charge in [0, 0.05) is 33.0 Å². The maximum absolute atomic E-state index is 13.1. The first-order chi connectivity index (χ1) is 16.4. The minimum atomic E-state index is -3.50. The van der Waals surface area contributed by atoms with E-state index in [1.165, 1.54) is 11.1 Å². The maximum Gasteiger partial charge on any atom is 0.243 e. The molecule has 7 nitrogen and oxygen atoms in total. The number of nitrogens with zero attached hydrogens (tertiary/aromatic N) is 3. The number of piperidine rings is 1. The van der Waals surface area contributed by atoms with Gasteiger partial charge >= 0.3 is 0 Å². The zero-order chi connectivity index (χ0) is 23.7. The van der Waals surface area contributed by atoms with Gasteiger partial charge in [0.2, 0.25) is 15.9 Å². The molecule has 5 rings (SSSR count). The van der Waals surface area contributed by atoms with Gasteiger partial charge < -0.3 is 9.88 Å². The van der Waals surface area contributed by atoms with Crippen molar-refractivity contribution in [2.24, 2.45) is 7.05 Å². The van der Waals surface area contributed by atoms with Crippen LogP contribution in [0.5, 0.6) is 0 Å². The summed E-state index contributed by atoms with van der Waals surface area (Å²) in [5.74, 6) is 0.795. The molecule has 1 fully saturated rings. The van der Waals surface area contributed by atoms with Crippen molar-refractivity contribution in [3.05, 3.63) is 59.4 Å². The Morgan fingerprint density at radius 3 is 2.71 bits per heavy atom. The van der Waals surface area contributed by atoms with Gasteiger partial charge in [-0.2, -0.15) is 4.31 Å². The average Bonchev–Trinajstić information content (AvgIpc) is 3.18. The number of amides is 1. The van der Waals surface area contributed by atoms with Crippen molar-refractivity contribution in [1.29, 1.82) is 0 Å². The Morgan fingerprint density at radius 2 is 1.88 bits per heavy atom. The van der Waals surface area contributed by atoms with Crippen molar-refractivity contribution < 1.29 is 13.2 Å². The third-order valence-electron chi connectivity index (χ3n) is 7.18. The molecule has 1 aromatic heterocycles. The van der Waals surface area contributed by atoms with Crippen molar-refractivity contribution in [1.82, 2.24) is 19.2 Å². The van der Waals surface area contributed by atoms with Crippen LogP contribution in [-0.2, 0) is 34.7 Å². The Hall–Kier alpha value is -2.71. The molecule has 3 aromatic rings. The van der Waals surface area contributed by atoms with E-state index < -0.39 is 10.0 Å². The van der Waals surface area contributed by atoms with Crippen LogP contribution in [0.3, 0.4) is 0 Å². The van der Waals surface area contributed by atoms with Gasteiger partial charge in [0.15, 0.2) is 0 Å². The molecule has 2 aliphatic rings. The molecule has 2 aromatic carbocycles. The molecule has 0 saturated carbocycles. The van der Waals surface area contributed by atoms with Gasteiger partial charge in [-0.05, 0) is 61.4 Å². The number of fused-ring (bicyclic) bond motifs is 2. The first-order valence-corrected chi connectivity index (χ1v) is 13.7. The van der Waals surface area contributed by atoms with Gasteiger partial charge in [-0.3, -0.25) is 4.79 Å². The molecular weight excluding hydrogens is 448 g/mol. The summed E-state index contributed by atoms with van der Waals surface area (Å²) < 4.78 is 29.6. The van der Waals surface area contributed by atoms with E-state index >= 15 is 0 Å². The molecule has 1 atom stereocenters. The van der Waals surface area contributed by atoms with Crippen LogP contribution in [0.4, 0.5) is 0 Å². The summed E-state index contributed by atoms with van der Waals surface area (Å²) >= 11 is 0. The van der Waals surface area contributed by atoms with Crippen LogP contribution in [0.15, 0.2) is 47.4 Å². The summed E-state index contributed by atoms with van der Waals surface area (Å²) in [5.41, 5.74) is 4.07. The van der Waals surface area contributed by atoms with E-state index in [1.54, 1.807) is 16.4 Å². The van der Waals surface area contributed by atoms with Crippen molar-refractivity contribution in [3.8, 4) is 0 Å². The molecule has 0 bridgehead atoms. The summed E-state index contributed by atoms with van der Waals surface area (Å²) in [4.78, 5) is 17.7. The van der Waals surface area contributed by atoms with E-state index in [1.807, 2.05) is 23.7 Å². The number of benzene rings is 2. The molecule has 180 valence electrons. The SMILES string of the molecule is Cn1c(CCC(=O)N[C@H]2CCCc3ccccc32)nc2cc(S(=O)(=O)N3CCCCC3)ccc21. The maximum atomic E-state index is 13.1. The van der Waals surface area contributed by atoms with Crippen molar-refractivity contribution in [2.75, 3.05) is 13.1 Å². The smallest absolute Gasteiger partial charge is 0.243 e. The minimum Gasteiger partial charge on any atom is -0.349 e. The second-order valence-corrected chi connectivity index (χ2v) is 11.4. The lowest BCUT2D eigenvalue weighted by Crippen LogP contribution is -2.35. The molecule has 1 aliphatic heterocycles. The van der Waals surface area contributed by atoms with Crippen molar-refractivity contribution in [2.45, 2.75) is 62.3 Å². The predicted molar refractivity (Wildman–Crippen MR) is 132 cm³/mol. The number of aromatic nitrogens is 2. The average molecular weight is 481 g/mol. The fraction of sp³-hybridized carbons (Fsp3) is 0.462. The molecule has 0 radical (unpaired) electrons. The van der Waals surface area contributed by atoms with Crippen LogP contribution in [0, 0.1) is 0 Å². The van der Waals surface area contributed by atoms with E-state index in [2.05, 4.69) is 28.5 Å². The molecule has 1 saturated heterocycles. The van der Waals surface area contributed by atoms with Crippen LogP contribution in [0.25, 0.3) is 11.0 Å². The minimum absolute atomic E-state index is 0.0159. The van der Waals surface area contributed by atoms with Crippen molar-refractivity contribution in [3.63, 3.8) is 0 Å².